The van der Waals surface area contributed by atoms with E-state index >= 15 is 0 Å². The van der Waals surface area contributed by atoms with Gasteiger partial charge >= 0.3 is 6.18 Å². The van der Waals surface area contributed by atoms with Crippen LogP contribution in [0.5, 0.6) is 0 Å². The highest BCUT2D eigenvalue weighted by atomic mass is 35.5. The number of aromatic nitrogens is 1. The lowest BCUT2D eigenvalue weighted by atomic mass is 9.95. The molecule has 0 aromatic carbocycles. The van der Waals surface area contributed by atoms with Crippen LogP contribution in [0.3, 0.4) is 0 Å². The molecular weight excluding hydrogens is 421 g/mol. The zero-order chi connectivity index (χ0) is 21.9. The second-order valence-electron chi connectivity index (χ2n) is 7.53. The Balaban J connectivity index is 1.54. The Bertz CT molecular complexity index is 850. The van der Waals surface area contributed by atoms with Crippen LogP contribution in [0.1, 0.15) is 30.2 Å². The molecule has 0 spiro atoms. The van der Waals surface area contributed by atoms with Gasteiger partial charge in [-0.1, -0.05) is 11.6 Å². The average molecular weight is 445 g/mol. The summed E-state index contributed by atoms with van der Waals surface area (Å²) in [6.45, 7) is 1.41. The number of halogens is 4. The summed E-state index contributed by atoms with van der Waals surface area (Å²) in [5.74, 6) is 0.876. The minimum Gasteiger partial charge on any atom is -0.468 e. The summed E-state index contributed by atoms with van der Waals surface area (Å²) in [5, 5.41) is 2.94. The highest BCUT2D eigenvalue weighted by Crippen LogP contribution is 2.34. The first-order valence-electron chi connectivity index (χ1n) is 9.62. The van der Waals surface area contributed by atoms with Gasteiger partial charge in [-0.2, -0.15) is 13.2 Å². The van der Waals surface area contributed by atoms with E-state index in [-0.39, 0.29) is 22.9 Å². The number of furan rings is 1. The lowest BCUT2D eigenvalue weighted by molar-refractivity contribution is -0.137. The molecule has 30 heavy (non-hydrogen) atoms. The number of hydrogen-bond acceptors (Lipinski definition) is 5. The first-order chi connectivity index (χ1) is 14.2. The Morgan fingerprint density at radius 1 is 1.40 bits per heavy atom. The van der Waals surface area contributed by atoms with Gasteiger partial charge in [-0.05, 0) is 45.1 Å². The molecule has 1 atom stereocenters. The maximum atomic E-state index is 12.8. The number of piperidine rings is 1. The first kappa shape index (κ1) is 22.4. The fourth-order valence-electron chi connectivity index (χ4n) is 3.53. The van der Waals surface area contributed by atoms with E-state index in [1.807, 2.05) is 36.0 Å². The third kappa shape index (κ3) is 5.26. The molecule has 1 aliphatic rings. The third-order valence-corrected chi connectivity index (χ3v) is 5.56. The standard InChI is InChI=1S/C20H24ClF3N4O2/c1-27(2)16(17-4-3-9-30-17)12-26-19(29)13-5-7-28(8-6-13)18-15(21)10-14(11-25-18)20(22,23)24/h3-4,9-11,13,16H,5-8,12H2,1-2H3,(H,26,29)/t16-/m0/s1. The lowest BCUT2D eigenvalue weighted by Gasteiger charge is -2.33. The zero-order valence-corrected chi connectivity index (χ0v) is 17.5. The van der Waals surface area contributed by atoms with Crippen LogP contribution < -0.4 is 10.2 Å². The molecule has 164 valence electrons. The summed E-state index contributed by atoms with van der Waals surface area (Å²) in [5.41, 5.74) is -0.877. The minimum absolute atomic E-state index is 0.0417. The molecule has 0 radical (unpaired) electrons. The molecule has 1 aliphatic heterocycles. The van der Waals surface area contributed by atoms with Gasteiger partial charge < -0.3 is 14.6 Å². The van der Waals surface area contributed by atoms with Crippen molar-refractivity contribution in [1.29, 1.82) is 0 Å². The van der Waals surface area contributed by atoms with Gasteiger partial charge in [-0.25, -0.2) is 4.98 Å². The number of nitrogens with zero attached hydrogens (tertiary/aromatic N) is 3. The van der Waals surface area contributed by atoms with Gasteiger partial charge in [0.1, 0.15) is 11.6 Å². The fraction of sp³-hybridized carbons (Fsp3) is 0.500. The lowest BCUT2D eigenvalue weighted by Crippen LogP contribution is -2.43. The number of carbonyl (C=O) groups is 1. The molecule has 2 aromatic heterocycles. The van der Waals surface area contributed by atoms with Crippen LogP contribution >= 0.6 is 11.6 Å². The van der Waals surface area contributed by atoms with Gasteiger partial charge in [-0.15, -0.1) is 0 Å². The molecule has 1 amide bonds. The van der Waals surface area contributed by atoms with E-state index in [1.165, 1.54) is 0 Å². The normalized spacial score (nSPS) is 16.7. The smallest absolute Gasteiger partial charge is 0.417 e. The Labute approximate surface area is 178 Å². The van der Waals surface area contributed by atoms with Crippen LogP contribution in [0.2, 0.25) is 5.02 Å². The van der Waals surface area contributed by atoms with E-state index < -0.39 is 11.7 Å². The summed E-state index contributed by atoms with van der Waals surface area (Å²) in [6.07, 6.45) is -0.962. The minimum atomic E-state index is -4.49. The second kappa shape index (κ2) is 9.26. The Morgan fingerprint density at radius 3 is 2.63 bits per heavy atom. The molecule has 3 rings (SSSR count). The monoisotopic (exact) mass is 444 g/mol. The highest BCUT2D eigenvalue weighted by Gasteiger charge is 2.33. The predicted octanol–water partition coefficient (Wildman–Crippen LogP) is 3.98. The number of rotatable bonds is 6. The van der Waals surface area contributed by atoms with Gasteiger partial charge in [0, 0.05) is 31.7 Å². The topological polar surface area (TPSA) is 61.6 Å². The second-order valence-corrected chi connectivity index (χ2v) is 7.94. The third-order valence-electron chi connectivity index (χ3n) is 5.28. The van der Waals surface area contributed by atoms with Crippen molar-refractivity contribution >= 4 is 23.3 Å². The molecule has 0 aliphatic carbocycles. The molecule has 10 heteroatoms. The number of pyridine rings is 1. The molecule has 1 N–H and O–H groups in total. The number of carbonyl (C=O) groups excluding carboxylic acids is 1. The quantitative estimate of drug-likeness (QED) is 0.730. The van der Waals surface area contributed by atoms with Crippen molar-refractivity contribution in [2.75, 3.05) is 38.6 Å². The highest BCUT2D eigenvalue weighted by molar-refractivity contribution is 6.33. The fourth-order valence-corrected chi connectivity index (χ4v) is 3.82. The molecule has 0 unspecified atom stereocenters. The van der Waals surface area contributed by atoms with Crippen LogP contribution in [0, 0.1) is 5.92 Å². The van der Waals surface area contributed by atoms with Crippen LogP contribution in [0.15, 0.2) is 35.1 Å². The van der Waals surface area contributed by atoms with Crippen molar-refractivity contribution in [2.45, 2.75) is 25.1 Å². The Kier molecular flexibility index (Phi) is 6.92. The molecule has 2 aromatic rings. The van der Waals surface area contributed by atoms with E-state index in [4.69, 9.17) is 16.0 Å². The van der Waals surface area contributed by atoms with E-state index in [0.717, 1.165) is 18.0 Å². The molecule has 6 nitrogen and oxygen atoms in total. The summed E-state index contributed by atoms with van der Waals surface area (Å²) in [6, 6.07) is 4.50. The largest absolute Gasteiger partial charge is 0.468 e. The molecule has 1 saturated heterocycles. The summed E-state index contributed by atoms with van der Waals surface area (Å²) >= 11 is 6.03. The maximum Gasteiger partial charge on any atom is 0.417 e. The number of likely N-dealkylation sites (N-methyl/N-ethyl adjacent to an activating group) is 1. The first-order valence-corrected chi connectivity index (χ1v) is 10.00. The summed E-state index contributed by atoms with van der Waals surface area (Å²) in [4.78, 5) is 20.3. The van der Waals surface area contributed by atoms with E-state index in [1.54, 1.807) is 6.26 Å². The molecule has 3 heterocycles. The molecule has 1 fully saturated rings. The summed E-state index contributed by atoms with van der Waals surface area (Å²) in [7, 11) is 3.83. The Hall–Kier alpha value is -2.26. The zero-order valence-electron chi connectivity index (χ0n) is 16.7. The van der Waals surface area contributed by atoms with Gasteiger partial charge in [0.15, 0.2) is 0 Å². The average Bonchev–Trinajstić information content (AvgIpc) is 3.21. The van der Waals surface area contributed by atoms with Crippen LogP contribution in [-0.4, -0.2) is 49.5 Å². The van der Waals surface area contributed by atoms with Gasteiger partial charge in [0.05, 0.1) is 22.9 Å². The van der Waals surface area contributed by atoms with Gasteiger partial charge in [-0.3, -0.25) is 9.69 Å². The van der Waals surface area contributed by atoms with E-state index in [9.17, 15) is 18.0 Å². The van der Waals surface area contributed by atoms with Crippen molar-refractivity contribution in [2.24, 2.45) is 5.92 Å². The predicted molar refractivity (Wildman–Crippen MR) is 107 cm³/mol. The number of hydrogen-bond donors (Lipinski definition) is 1. The SMILES string of the molecule is CN(C)[C@@H](CNC(=O)C1CCN(c2ncc(C(F)(F)F)cc2Cl)CC1)c1ccco1. The number of anilines is 1. The number of nitrogens with one attached hydrogen (secondary N) is 1. The van der Waals surface area contributed by atoms with Crippen molar-refractivity contribution in [3.63, 3.8) is 0 Å². The molecular formula is C20H24ClF3N4O2. The Morgan fingerprint density at radius 2 is 2.10 bits per heavy atom. The van der Waals surface area contributed by atoms with E-state index in [0.29, 0.717) is 38.3 Å². The van der Waals surface area contributed by atoms with Crippen molar-refractivity contribution in [1.82, 2.24) is 15.2 Å². The van der Waals surface area contributed by atoms with Crippen LogP contribution in [0.25, 0.3) is 0 Å². The van der Waals surface area contributed by atoms with Crippen LogP contribution in [-0.2, 0) is 11.0 Å². The number of alkyl halides is 3. The molecule has 0 bridgehead atoms. The van der Waals surface area contributed by atoms with E-state index in [2.05, 4.69) is 10.3 Å². The summed E-state index contributed by atoms with van der Waals surface area (Å²) < 4.78 is 43.8. The van der Waals surface area contributed by atoms with Crippen LogP contribution in [0.4, 0.5) is 19.0 Å². The number of amides is 1. The van der Waals surface area contributed by atoms with Crippen molar-refractivity contribution < 1.29 is 22.4 Å². The van der Waals surface area contributed by atoms with Gasteiger partial charge in [0.2, 0.25) is 5.91 Å². The maximum absolute atomic E-state index is 12.8. The van der Waals surface area contributed by atoms with Crippen molar-refractivity contribution in [3.05, 3.63) is 47.0 Å². The van der Waals surface area contributed by atoms with Gasteiger partial charge in [0.25, 0.3) is 0 Å². The van der Waals surface area contributed by atoms with Crippen molar-refractivity contribution in [3.8, 4) is 0 Å². The molecule has 0 saturated carbocycles.